The van der Waals surface area contributed by atoms with Crippen LogP contribution in [-0.4, -0.2) is 27.5 Å². The fourth-order valence-corrected chi connectivity index (χ4v) is 2.16. The normalized spacial score (nSPS) is 10.9. The van der Waals surface area contributed by atoms with E-state index in [0.717, 1.165) is 10.6 Å². The molecule has 2 aromatic rings. The van der Waals surface area contributed by atoms with Crippen molar-refractivity contribution in [3.8, 4) is 0 Å². The summed E-state index contributed by atoms with van der Waals surface area (Å²) in [6.07, 6.45) is 1.78. The number of hydrazine groups is 1. The van der Waals surface area contributed by atoms with Crippen molar-refractivity contribution < 1.29 is 14.7 Å². The molecule has 0 fully saturated rings. The molecule has 1 aromatic carbocycles. The summed E-state index contributed by atoms with van der Waals surface area (Å²) in [5, 5.41) is 12.7. The van der Waals surface area contributed by atoms with Crippen molar-refractivity contribution in [3.63, 3.8) is 0 Å². The van der Waals surface area contributed by atoms with Crippen LogP contribution in [0.25, 0.3) is 0 Å². The second-order valence-corrected chi connectivity index (χ2v) is 6.34. The van der Waals surface area contributed by atoms with Gasteiger partial charge < -0.3 is 10.4 Å². The molecule has 8 heteroatoms. The number of aromatic nitrogens is 1. The van der Waals surface area contributed by atoms with E-state index in [-0.39, 0.29) is 0 Å². The lowest BCUT2D eigenvalue weighted by Gasteiger charge is -2.17. The zero-order valence-electron chi connectivity index (χ0n) is 12.8. The zero-order chi connectivity index (χ0) is 16.9. The molecule has 23 heavy (non-hydrogen) atoms. The topological polar surface area (TPSA) is 103 Å². The molecule has 2 rings (SSSR count). The highest BCUT2D eigenvalue weighted by Crippen LogP contribution is 2.13. The van der Waals surface area contributed by atoms with Crippen LogP contribution >= 0.6 is 11.3 Å². The Labute approximate surface area is 137 Å². The van der Waals surface area contributed by atoms with E-state index in [1.54, 1.807) is 41.2 Å². The van der Waals surface area contributed by atoms with Gasteiger partial charge in [0.05, 0.1) is 12.1 Å². The van der Waals surface area contributed by atoms with Gasteiger partial charge in [-0.15, -0.1) is 11.3 Å². The number of hydrogen-bond donors (Lipinski definition) is 4. The fraction of sp³-hybridized carbons (Fsp3) is 0.267. The van der Waals surface area contributed by atoms with E-state index in [1.165, 1.54) is 13.8 Å². The van der Waals surface area contributed by atoms with Gasteiger partial charge in [-0.05, 0) is 32.0 Å². The van der Waals surface area contributed by atoms with Crippen LogP contribution in [0.3, 0.4) is 0 Å². The van der Waals surface area contributed by atoms with Gasteiger partial charge in [0.15, 0.2) is 0 Å². The highest BCUT2D eigenvalue weighted by Gasteiger charge is 2.24. The van der Waals surface area contributed by atoms with Crippen molar-refractivity contribution in [2.75, 3.05) is 5.32 Å². The first-order chi connectivity index (χ1) is 10.9. The second-order valence-electron chi connectivity index (χ2n) is 5.37. The first kappa shape index (κ1) is 16.9. The highest BCUT2D eigenvalue weighted by atomic mass is 32.1. The van der Waals surface area contributed by atoms with Crippen LogP contribution < -0.4 is 16.2 Å². The summed E-state index contributed by atoms with van der Waals surface area (Å²) in [6, 6.07) is 6.88. The average molecular weight is 334 g/mol. The average Bonchev–Trinajstić information content (AvgIpc) is 3.03. The first-order valence-corrected chi connectivity index (χ1v) is 7.78. The van der Waals surface area contributed by atoms with E-state index in [4.69, 9.17) is 0 Å². The number of nitrogens with zero attached hydrogens (tertiary/aromatic N) is 1. The van der Waals surface area contributed by atoms with E-state index in [2.05, 4.69) is 21.2 Å². The predicted molar refractivity (Wildman–Crippen MR) is 87.8 cm³/mol. The number of anilines is 1. The molecule has 0 saturated heterocycles. The summed E-state index contributed by atoms with van der Waals surface area (Å²) in [5.41, 5.74) is 5.80. The molecule has 1 aromatic heterocycles. The summed E-state index contributed by atoms with van der Waals surface area (Å²) < 4.78 is 0. The molecular formula is C15H18N4O3S. The van der Waals surface area contributed by atoms with Gasteiger partial charge in [0.2, 0.25) is 0 Å². The van der Waals surface area contributed by atoms with Crippen molar-refractivity contribution in [2.24, 2.45) is 0 Å². The number of aliphatic hydroxyl groups is 1. The number of thiazole rings is 1. The van der Waals surface area contributed by atoms with Gasteiger partial charge in [0.25, 0.3) is 11.8 Å². The third-order valence-electron chi connectivity index (χ3n) is 2.92. The van der Waals surface area contributed by atoms with E-state index in [9.17, 15) is 14.7 Å². The molecule has 0 atom stereocenters. The quantitative estimate of drug-likeness (QED) is 0.617. The van der Waals surface area contributed by atoms with Crippen LogP contribution in [0.2, 0.25) is 0 Å². The summed E-state index contributed by atoms with van der Waals surface area (Å²) in [5.74, 6) is -1.16. The molecule has 0 radical (unpaired) electrons. The maximum Gasteiger partial charge on any atom is 0.269 e. The van der Waals surface area contributed by atoms with Crippen LogP contribution in [0, 0.1) is 0 Å². The van der Waals surface area contributed by atoms with Crippen LogP contribution in [-0.2, 0) is 11.3 Å². The lowest BCUT2D eigenvalue weighted by atomic mass is 10.1. The number of carbonyl (C=O) groups is 2. The van der Waals surface area contributed by atoms with Crippen LogP contribution in [0.15, 0.2) is 36.0 Å². The Balaban J connectivity index is 1.93. The minimum Gasteiger partial charge on any atom is -0.381 e. The molecule has 0 aliphatic carbocycles. The highest BCUT2D eigenvalue weighted by molar-refractivity contribution is 7.09. The maximum absolute atomic E-state index is 12.0. The molecule has 2 amide bonds. The fourth-order valence-electron chi connectivity index (χ4n) is 1.63. The predicted octanol–water partition coefficient (Wildman–Crippen LogP) is 1.29. The molecule has 0 aliphatic rings. The van der Waals surface area contributed by atoms with E-state index >= 15 is 0 Å². The van der Waals surface area contributed by atoms with E-state index in [1.807, 2.05) is 6.07 Å². The maximum atomic E-state index is 12.0. The van der Waals surface area contributed by atoms with Crippen molar-refractivity contribution in [3.05, 3.63) is 46.4 Å². The minimum absolute atomic E-state index is 0.385. The van der Waals surface area contributed by atoms with Gasteiger partial charge in [0, 0.05) is 22.3 Å². The van der Waals surface area contributed by atoms with Gasteiger partial charge in [-0.25, -0.2) is 0 Å². The molecule has 0 aliphatic heterocycles. The van der Waals surface area contributed by atoms with Crippen molar-refractivity contribution >= 4 is 28.8 Å². The lowest BCUT2D eigenvalue weighted by molar-refractivity contribution is -0.137. The van der Waals surface area contributed by atoms with Gasteiger partial charge >= 0.3 is 0 Å². The van der Waals surface area contributed by atoms with Crippen LogP contribution in [0.5, 0.6) is 0 Å². The molecule has 0 spiro atoms. The lowest BCUT2D eigenvalue weighted by Crippen LogP contribution is -2.50. The number of benzene rings is 1. The van der Waals surface area contributed by atoms with Gasteiger partial charge in [-0.1, -0.05) is 6.07 Å². The van der Waals surface area contributed by atoms with Crippen molar-refractivity contribution in [1.29, 1.82) is 0 Å². The monoisotopic (exact) mass is 334 g/mol. The van der Waals surface area contributed by atoms with E-state index in [0.29, 0.717) is 12.1 Å². The van der Waals surface area contributed by atoms with E-state index < -0.39 is 17.4 Å². The number of rotatable bonds is 5. The van der Waals surface area contributed by atoms with Gasteiger partial charge in [-0.2, -0.15) is 0 Å². The summed E-state index contributed by atoms with van der Waals surface area (Å²) in [6.45, 7) is 3.28. The van der Waals surface area contributed by atoms with Crippen molar-refractivity contribution in [2.45, 2.75) is 26.0 Å². The molecule has 4 N–H and O–H groups in total. The SMILES string of the molecule is CC(C)(O)C(=O)NNC(=O)c1cccc(NCc2cncs2)c1. The Morgan fingerprint density at radius 1 is 1.30 bits per heavy atom. The van der Waals surface area contributed by atoms with Crippen molar-refractivity contribution in [1.82, 2.24) is 15.8 Å². The minimum atomic E-state index is -1.56. The first-order valence-electron chi connectivity index (χ1n) is 6.91. The number of nitrogens with one attached hydrogen (secondary N) is 3. The molecule has 7 nitrogen and oxygen atoms in total. The Hall–Kier alpha value is -2.45. The Bertz CT molecular complexity index is 680. The smallest absolute Gasteiger partial charge is 0.269 e. The third kappa shape index (κ3) is 5.04. The largest absolute Gasteiger partial charge is 0.381 e. The Kier molecular flexibility index (Phi) is 5.30. The van der Waals surface area contributed by atoms with Gasteiger partial charge in [0.1, 0.15) is 5.60 Å². The number of hydrogen-bond acceptors (Lipinski definition) is 6. The Morgan fingerprint density at radius 3 is 2.74 bits per heavy atom. The third-order valence-corrected chi connectivity index (χ3v) is 3.70. The summed E-state index contributed by atoms with van der Waals surface area (Å²) in [4.78, 5) is 28.6. The van der Waals surface area contributed by atoms with Gasteiger partial charge in [-0.3, -0.25) is 25.4 Å². The number of amides is 2. The molecule has 0 unspecified atom stereocenters. The molecule has 0 saturated carbocycles. The molecule has 122 valence electrons. The second kappa shape index (κ2) is 7.21. The zero-order valence-corrected chi connectivity index (χ0v) is 13.6. The molecule has 0 bridgehead atoms. The summed E-state index contributed by atoms with van der Waals surface area (Å²) >= 11 is 1.54. The number of carbonyl (C=O) groups excluding carboxylic acids is 2. The summed E-state index contributed by atoms with van der Waals surface area (Å²) in [7, 11) is 0. The van der Waals surface area contributed by atoms with Crippen LogP contribution in [0.4, 0.5) is 5.69 Å². The Morgan fingerprint density at radius 2 is 2.09 bits per heavy atom. The molecular weight excluding hydrogens is 316 g/mol. The molecule has 1 heterocycles. The van der Waals surface area contributed by atoms with Crippen LogP contribution in [0.1, 0.15) is 29.1 Å². The standard InChI is InChI=1S/C15H18N4O3S/c1-15(2,22)14(21)19-18-13(20)10-4-3-5-11(6-10)17-8-12-7-16-9-23-12/h3-7,9,17,22H,8H2,1-2H3,(H,18,20)(H,19,21).